The minimum absolute atomic E-state index is 0.205. The Bertz CT molecular complexity index is 1250. The molecule has 0 amide bonds. The van der Waals surface area contributed by atoms with Crippen LogP contribution in [0.4, 0.5) is 4.39 Å². The Balaban J connectivity index is 1.47. The summed E-state index contributed by atoms with van der Waals surface area (Å²) in [6.45, 7) is 5.12. The highest BCUT2D eigenvalue weighted by atomic mass is 32.2. The maximum Gasteiger partial charge on any atom is 0.191 e. The summed E-state index contributed by atoms with van der Waals surface area (Å²) in [7, 11) is 0. The molecule has 0 fully saturated rings. The zero-order valence-electron chi connectivity index (χ0n) is 17.4. The number of aromatic nitrogens is 4. The molecule has 0 atom stereocenters. The molecule has 31 heavy (non-hydrogen) atoms. The van der Waals surface area contributed by atoms with E-state index in [0.717, 1.165) is 23.2 Å². The van der Waals surface area contributed by atoms with Crippen molar-refractivity contribution in [1.82, 2.24) is 19.7 Å². The number of nitrogens with zero attached hydrogens (tertiary/aromatic N) is 3. The fourth-order valence-corrected chi connectivity index (χ4v) is 4.26. The Labute approximate surface area is 183 Å². The quantitative estimate of drug-likeness (QED) is 0.403. The maximum absolute atomic E-state index is 14.1. The first kappa shape index (κ1) is 21.1. The number of thioether (sulfide) groups is 1. The number of nitrogens with one attached hydrogen (secondary N) is 1. The van der Waals surface area contributed by atoms with Gasteiger partial charge in [0.15, 0.2) is 16.4 Å². The molecule has 0 saturated heterocycles. The number of aryl methyl sites for hydroxylation is 1. The number of hydrogen-bond acceptors (Lipinski definition) is 5. The fourth-order valence-electron chi connectivity index (χ4n) is 3.33. The van der Waals surface area contributed by atoms with E-state index in [9.17, 15) is 9.18 Å². The average Bonchev–Trinajstić information content (AvgIpc) is 3.19. The van der Waals surface area contributed by atoms with Crippen LogP contribution in [0.15, 0.2) is 58.5 Å². The van der Waals surface area contributed by atoms with Crippen molar-refractivity contribution in [3.8, 4) is 5.75 Å². The Kier molecular flexibility index (Phi) is 6.36. The van der Waals surface area contributed by atoms with Crippen LogP contribution in [0, 0.1) is 5.82 Å². The molecule has 0 bridgehead atoms. The second-order valence-corrected chi connectivity index (χ2v) is 7.98. The molecule has 2 aromatic heterocycles. The second kappa shape index (κ2) is 9.34. The lowest BCUT2D eigenvalue weighted by atomic mass is 10.2. The number of hydrogen-bond donors (Lipinski definition) is 1. The molecule has 1 N–H and O–H groups in total. The van der Waals surface area contributed by atoms with Crippen LogP contribution >= 0.6 is 11.8 Å². The van der Waals surface area contributed by atoms with E-state index in [4.69, 9.17) is 4.74 Å². The molecule has 2 heterocycles. The molecular weight excluding hydrogens is 415 g/mol. The predicted octanol–water partition coefficient (Wildman–Crippen LogP) is 4.71. The van der Waals surface area contributed by atoms with Gasteiger partial charge >= 0.3 is 0 Å². The lowest BCUT2D eigenvalue weighted by Gasteiger charge is -2.09. The Morgan fingerprint density at radius 2 is 1.94 bits per heavy atom. The van der Waals surface area contributed by atoms with Crippen molar-refractivity contribution >= 4 is 22.7 Å². The number of para-hydroxylation sites is 1. The van der Waals surface area contributed by atoms with Gasteiger partial charge in [0.05, 0.1) is 5.52 Å². The number of rotatable bonds is 8. The van der Waals surface area contributed by atoms with E-state index in [1.807, 2.05) is 35.8 Å². The largest absolute Gasteiger partial charge is 0.486 e. The van der Waals surface area contributed by atoms with Crippen LogP contribution in [0.25, 0.3) is 10.9 Å². The van der Waals surface area contributed by atoms with Crippen LogP contribution in [-0.2, 0) is 25.3 Å². The van der Waals surface area contributed by atoms with Gasteiger partial charge in [-0.15, -0.1) is 10.2 Å². The summed E-state index contributed by atoms with van der Waals surface area (Å²) < 4.78 is 21.9. The predicted molar refractivity (Wildman–Crippen MR) is 120 cm³/mol. The highest BCUT2D eigenvalue weighted by Gasteiger charge is 2.13. The molecule has 2 aromatic carbocycles. The topological polar surface area (TPSA) is 72.8 Å². The van der Waals surface area contributed by atoms with Gasteiger partial charge in [-0.2, -0.15) is 0 Å². The van der Waals surface area contributed by atoms with Gasteiger partial charge in [-0.05, 0) is 43.2 Å². The van der Waals surface area contributed by atoms with Crippen molar-refractivity contribution in [2.45, 2.75) is 44.3 Å². The van der Waals surface area contributed by atoms with Crippen molar-refractivity contribution < 1.29 is 9.13 Å². The van der Waals surface area contributed by atoms with E-state index in [-0.39, 0.29) is 10.9 Å². The minimum atomic E-state index is -0.440. The van der Waals surface area contributed by atoms with Gasteiger partial charge in [0, 0.05) is 29.4 Å². The van der Waals surface area contributed by atoms with Crippen LogP contribution in [0.3, 0.4) is 0 Å². The van der Waals surface area contributed by atoms with Gasteiger partial charge in [-0.3, -0.25) is 4.79 Å². The minimum Gasteiger partial charge on any atom is -0.486 e. The number of benzene rings is 2. The van der Waals surface area contributed by atoms with E-state index in [0.29, 0.717) is 30.0 Å². The van der Waals surface area contributed by atoms with Crippen molar-refractivity contribution in [2.75, 3.05) is 0 Å². The number of H-pyrrole nitrogens is 1. The highest BCUT2D eigenvalue weighted by Crippen LogP contribution is 2.23. The van der Waals surface area contributed by atoms with Gasteiger partial charge in [0.2, 0.25) is 0 Å². The van der Waals surface area contributed by atoms with Crippen LogP contribution in [0.2, 0.25) is 0 Å². The first-order valence-corrected chi connectivity index (χ1v) is 11.1. The standard InChI is InChI=1S/C23H23FN4O2S/c1-3-15-8-10-17(11-9-15)30-13-21-26-27-23(28(21)4-2)31-14-16-12-20(29)18-6-5-7-19(24)22(18)25-16/h5-12H,3-4,13-14H2,1-2H3,(H,25,29). The lowest BCUT2D eigenvalue weighted by Crippen LogP contribution is -2.08. The van der Waals surface area contributed by atoms with E-state index < -0.39 is 5.82 Å². The first-order chi connectivity index (χ1) is 15.1. The molecule has 4 aromatic rings. The fraction of sp³-hybridized carbons (Fsp3) is 0.261. The second-order valence-electron chi connectivity index (χ2n) is 7.04. The van der Waals surface area contributed by atoms with Crippen LogP contribution in [0.5, 0.6) is 5.75 Å². The van der Waals surface area contributed by atoms with Gasteiger partial charge in [0.1, 0.15) is 18.2 Å². The third kappa shape index (κ3) is 4.64. The molecular formula is C23H23FN4O2S. The molecule has 0 saturated carbocycles. The number of aromatic amines is 1. The summed E-state index contributed by atoms with van der Waals surface area (Å²) in [5, 5.41) is 9.60. The normalized spacial score (nSPS) is 11.2. The summed E-state index contributed by atoms with van der Waals surface area (Å²) in [6, 6.07) is 14.0. The lowest BCUT2D eigenvalue weighted by molar-refractivity contribution is 0.288. The third-order valence-electron chi connectivity index (χ3n) is 5.04. The molecule has 8 heteroatoms. The van der Waals surface area contributed by atoms with E-state index in [2.05, 4.69) is 22.1 Å². The van der Waals surface area contributed by atoms with Gasteiger partial charge in [-0.1, -0.05) is 36.9 Å². The van der Waals surface area contributed by atoms with Gasteiger partial charge in [0.25, 0.3) is 0 Å². The van der Waals surface area contributed by atoms with Crippen LogP contribution in [0.1, 0.15) is 30.9 Å². The number of ether oxygens (including phenoxy) is 1. The first-order valence-electron chi connectivity index (χ1n) is 10.2. The highest BCUT2D eigenvalue weighted by molar-refractivity contribution is 7.98. The molecule has 160 valence electrons. The monoisotopic (exact) mass is 438 g/mol. The van der Waals surface area contributed by atoms with Crippen LogP contribution in [-0.4, -0.2) is 19.7 Å². The van der Waals surface area contributed by atoms with Crippen molar-refractivity contribution in [3.63, 3.8) is 0 Å². The molecule has 0 aliphatic heterocycles. The number of halogens is 1. The smallest absolute Gasteiger partial charge is 0.191 e. The maximum atomic E-state index is 14.1. The van der Waals surface area contributed by atoms with Crippen LogP contribution < -0.4 is 10.2 Å². The van der Waals surface area contributed by atoms with Gasteiger partial charge in [-0.25, -0.2) is 4.39 Å². The molecule has 0 aliphatic carbocycles. The van der Waals surface area contributed by atoms with Crippen molar-refractivity contribution in [3.05, 3.63) is 81.7 Å². The SMILES string of the molecule is CCc1ccc(OCc2nnc(SCc3cc(=O)c4cccc(F)c4[nH]3)n2CC)cc1. The van der Waals surface area contributed by atoms with Crippen molar-refractivity contribution in [1.29, 1.82) is 0 Å². The van der Waals surface area contributed by atoms with Crippen molar-refractivity contribution in [2.24, 2.45) is 0 Å². The zero-order valence-corrected chi connectivity index (χ0v) is 18.2. The molecule has 0 spiro atoms. The molecule has 0 radical (unpaired) electrons. The summed E-state index contributed by atoms with van der Waals surface area (Å²) in [5.74, 6) is 1.51. The number of fused-ring (bicyclic) bond motifs is 1. The molecule has 0 aliphatic rings. The summed E-state index contributed by atoms with van der Waals surface area (Å²) >= 11 is 1.44. The zero-order chi connectivity index (χ0) is 21.8. The Hall–Kier alpha value is -3.13. The van der Waals surface area contributed by atoms with E-state index in [1.54, 1.807) is 6.07 Å². The summed E-state index contributed by atoms with van der Waals surface area (Å²) in [6.07, 6.45) is 0.986. The Morgan fingerprint density at radius 3 is 2.68 bits per heavy atom. The number of pyridine rings is 1. The third-order valence-corrected chi connectivity index (χ3v) is 6.05. The average molecular weight is 439 g/mol. The van der Waals surface area contributed by atoms with E-state index in [1.165, 1.54) is 35.5 Å². The molecule has 6 nitrogen and oxygen atoms in total. The van der Waals surface area contributed by atoms with Gasteiger partial charge < -0.3 is 14.3 Å². The Morgan fingerprint density at radius 1 is 1.13 bits per heavy atom. The summed E-state index contributed by atoms with van der Waals surface area (Å²) in [5.41, 5.74) is 1.91. The van der Waals surface area contributed by atoms with E-state index >= 15 is 0 Å². The molecule has 0 unspecified atom stereocenters. The molecule has 4 rings (SSSR count). The summed E-state index contributed by atoms with van der Waals surface area (Å²) in [4.78, 5) is 15.3.